The van der Waals surface area contributed by atoms with Crippen molar-refractivity contribution in [1.82, 2.24) is 0 Å². The minimum absolute atomic E-state index is 0.264. The van der Waals surface area contributed by atoms with E-state index < -0.39 is 5.97 Å². The van der Waals surface area contributed by atoms with Gasteiger partial charge >= 0.3 is 5.97 Å². The molecule has 0 spiro atoms. The van der Waals surface area contributed by atoms with Gasteiger partial charge in [0.15, 0.2) is 0 Å². The summed E-state index contributed by atoms with van der Waals surface area (Å²) in [4.78, 5) is 11.3. The van der Waals surface area contributed by atoms with Gasteiger partial charge in [-0.1, -0.05) is 18.2 Å². The van der Waals surface area contributed by atoms with E-state index >= 15 is 0 Å². The average Bonchev–Trinajstić information content (AvgIpc) is 2.39. The Morgan fingerprint density at radius 2 is 2.17 bits per heavy atom. The summed E-state index contributed by atoms with van der Waals surface area (Å²) in [6.07, 6.45) is -0.264. The first-order valence-electron chi connectivity index (χ1n) is 5.39. The zero-order chi connectivity index (χ0) is 13.0. The highest BCUT2D eigenvalue weighted by atomic mass is 16.5. The van der Waals surface area contributed by atoms with E-state index in [1.54, 1.807) is 31.4 Å². The molecule has 0 saturated heterocycles. The number of carbonyl (C=O) groups is 1. The molecule has 0 aliphatic carbocycles. The van der Waals surface area contributed by atoms with Crippen LogP contribution in [0.15, 0.2) is 36.4 Å². The van der Waals surface area contributed by atoms with Gasteiger partial charge in [0.05, 0.1) is 13.2 Å². The molecule has 0 N–H and O–H groups in total. The number of fused-ring (bicyclic) bond motifs is 1. The molecular weight excluding hydrogens is 230 g/mol. The van der Waals surface area contributed by atoms with Gasteiger partial charge in [0.2, 0.25) is 0 Å². The molecule has 4 heteroatoms. The Morgan fingerprint density at radius 1 is 1.33 bits per heavy atom. The monoisotopic (exact) mass is 241 g/mol. The summed E-state index contributed by atoms with van der Waals surface area (Å²) in [5.41, 5.74) is 0. The molecule has 0 bridgehead atoms. The van der Waals surface area contributed by atoms with E-state index in [0.29, 0.717) is 11.5 Å². The fraction of sp³-hybridized carbons (Fsp3) is 0.143. The molecule has 2 aromatic rings. The molecule has 0 atom stereocenters. The maximum absolute atomic E-state index is 11.3. The molecule has 0 amide bonds. The van der Waals surface area contributed by atoms with Gasteiger partial charge in [-0.3, -0.25) is 4.79 Å². The molecule has 4 nitrogen and oxygen atoms in total. The van der Waals surface area contributed by atoms with Crippen LogP contribution in [0.1, 0.15) is 6.42 Å². The first-order valence-corrected chi connectivity index (χ1v) is 5.39. The maximum atomic E-state index is 11.3. The van der Waals surface area contributed by atoms with Gasteiger partial charge in [0, 0.05) is 5.39 Å². The predicted molar refractivity (Wildman–Crippen MR) is 66.4 cm³/mol. The van der Waals surface area contributed by atoms with E-state index in [-0.39, 0.29) is 6.42 Å². The summed E-state index contributed by atoms with van der Waals surface area (Å²) in [5, 5.41) is 10.2. The van der Waals surface area contributed by atoms with Gasteiger partial charge in [-0.15, -0.1) is 0 Å². The van der Waals surface area contributed by atoms with Crippen LogP contribution in [0.5, 0.6) is 11.5 Å². The van der Waals surface area contributed by atoms with Crippen LogP contribution in [0.3, 0.4) is 0 Å². The number of methoxy groups -OCH3 is 1. The Hall–Kier alpha value is -2.54. The number of hydrogen-bond donors (Lipinski definition) is 0. The van der Waals surface area contributed by atoms with Crippen LogP contribution >= 0.6 is 0 Å². The summed E-state index contributed by atoms with van der Waals surface area (Å²) in [5.74, 6) is 0.561. The SMILES string of the molecule is COc1ccc2cccc(OC(=O)CC#N)c2c1. The average molecular weight is 241 g/mol. The van der Waals surface area contributed by atoms with Crippen molar-refractivity contribution in [3.8, 4) is 17.6 Å². The number of esters is 1. The predicted octanol–water partition coefficient (Wildman–Crippen LogP) is 2.67. The lowest BCUT2D eigenvalue weighted by Crippen LogP contribution is -2.06. The van der Waals surface area contributed by atoms with Crippen LogP contribution in [0.25, 0.3) is 10.8 Å². The molecule has 0 heterocycles. The van der Waals surface area contributed by atoms with Crippen molar-refractivity contribution < 1.29 is 14.3 Å². The molecule has 0 aliphatic rings. The topological polar surface area (TPSA) is 59.3 Å². The fourth-order valence-electron chi connectivity index (χ4n) is 1.66. The quantitative estimate of drug-likeness (QED) is 0.612. The maximum Gasteiger partial charge on any atom is 0.325 e. The highest BCUT2D eigenvalue weighted by molar-refractivity contribution is 5.91. The Bertz CT molecular complexity index is 628. The Morgan fingerprint density at radius 3 is 2.89 bits per heavy atom. The number of nitriles is 1. The third kappa shape index (κ3) is 2.41. The van der Waals surface area contributed by atoms with Gasteiger partial charge in [-0.25, -0.2) is 0 Å². The molecule has 0 unspecified atom stereocenters. The van der Waals surface area contributed by atoms with Crippen molar-refractivity contribution in [2.75, 3.05) is 7.11 Å². The van der Waals surface area contributed by atoms with Crippen molar-refractivity contribution in [1.29, 1.82) is 5.26 Å². The Balaban J connectivity index is 2.43. The van der Waals surface area contributed by atoms with Gasteiger partial charge in [-0.05, 0) is 23.6 Å². The number of benzene rings is 2. The zero-order valence-electron chi connectivity index (χ0n) is 9.84. The van der Waals surface area contributed by atoms with Crippen molar-refractivity contribution >= 4 is 16.7 Å². The molecule has 2 aromatic carbocycles. The van der Waals surface area contributed by atoms with Crippen LogP contribution in [0.4, 0.5) is 0 Å². The van der Waals surface area contributed by atoms with Crippen LogP contribution in [-0.2, 0) is 4.79 Å². The minimum atomic E-state index is -0.562. The second-order valence-corrected chi connectivity index (χ2v) is 3.65. The van der Waals surface area contributed by atoms with E-state index in [0.717, 1.165) is 10.8 Å². The normalized spacial score (nSPS) is 9.78. The lowest BCUT2D eigenvalue weighted by Gasteiger charge is -2.08. The van der Waals surface area contributed by atoms with Gasteiger partial charge in [-0.2, -0.15) is 5.26 Å². The number of rotatable bonds is 3. The molecule has 0 aliphatic heterocycles. The highest BCUT2D eigenvalue weighted by Crippen LogP contribution is 2.29. The largest absolute Gasteiger partial charge is 0.497 e. The van der Waals surface area contributed by atoms with E-state index in [4.69, 9.17) is 14.7 Å². The third-order valence-electron chi connectivity index (χ3n) is 2.50. The standard InChI is InChI=1S/C14H11NO3/c1-17-11-6-5-10-3-2-4-13(12(10)9-11)18-14(16)7-8-15/h2-6,9H,7H2,1H3. The van der Waals surface area contributed by atoms with Crippen LogP contribution in [0, 0.1) is 11.3 Å². The minimum Gasteiger partial charge on any atom is -0.497 e. The number of nitrogens with zero attached hydrogens (tertiary/aromatic N) is 1. The number of carbonyl (C=O) groups excluding carboxylic acids is 1. The number of ether oxygens (including phenoxy) is 2. The van der Waals surface area contributed by atoms with Gasteiger partial charge < -0.3 is 9.47 Å². The molecule has 90 valence electrons. The van der Waals surface area contributed by atoms with Crippen LogP contribution in [-0.4, -0.2) is 13.1 Å². The van der Waals surface area contributed by atoms with Crippen molar-refractivity contribution in [3.05, 3.63) is 36.4 Å². The number of hydrogen-bond acceptors (Lipinski definition) is 4. The van der Waals surface area contributed by atoms with E-state index in [1.807, 2.05) is 18.2 Å². The fourth-order valence-corrected chi connectivity index (χ4v) is 1.66. The van der Waals surface area contributed by atoms with Crippen LogP contribution in [0.2, 0.25) is 0 Å². The summed E-state index contributed by atoms with van der Waals surface area (Å²) in [6.45, 7) is 0. The van der Waals surface area contributed by atoms with E-state index in [1.165, 1.54) is 0 Å². The molecule has 0 radical (unpaired) electrons. The molecule has 18 heavy (non-hydrogen) atoms. The van der Waals surface area contributed by atoms with Gasteiger partial charge in [0.1, 0.15) is 17.9 Å². The Labute approximate surface area is 104 Å². The van der Waals surface area contributed by atoms with Crippen molar-refractivity contribution in [2.45, 2.75) is 6.42 Å². The summed E-state index contributed by atoms with van der Waals surface area (Å²) < 4.78 is 10.3. The second-order valence-electron chi connectivity index (χ2n) is 3.65. The zero-order valence-corrected chi connectivity index (χ0v) is 9.84. The third-order valence-corrected chi connectivity index (χ3v) is 2.50. The first kappa shape index (κ1) is 11.9. The van der Waals surface area contributed by atoms with Crippen molar-refractivity contribution in [2.24, 2.45) is 0 Å². The van der Waals surface area contributed by atoms with E-state index in [9.17, 15) is 4.79 Å². The summed E-state index contributed by atoms with van der Waals surface area (Å²) in [7, 11) is 1.57. The smallest absolute Gasteiger partial charge is 0.325 e. The molecule has 0 aromatic heterocycles. The van der Waals surface area contributed by atoms with Gasteiger partial charge in [0.25, 0.3) is 0 Å². The lowest BCUT2D eigenvalue weighted by atomic mass is 10.1. The molecule has 0 saturated carbocycles. The Kier molecular flexibility index (Phi) is 3.44. The van der Waals surface area contributed by atoms with Crippen LogP contribution < -0.4 is 9.47 Å². The molecule has 0 fully saturated rings. The highest BCUT2D eigenvalue weighted by Gasteiger charge is 2.08. The lowest BCUT2D eigenvalue weighted by molar-refractivity contribution is -0.133. The molecular formula is C14H11NO3. The molecule has 2 rings (SSSR count). The second kappa shape index (κ2) is 5.19. The first-order chi connectivity index (χ1) is 8.74. The summed E-state index contributed by atoms with van der Waals surface area (Å²) in [6, 6.07) is 12.7. The van der Waals surface area contributed by atoms with E-state index in [2.05, 4.69) is 0 Å². The van der Waals surface area contributed by atoms with Crippen molar-refractivity contribution in [3.63, 3.8) is 0 Å². The summed E-state index contributed by atoms with van der Waals surface area (Å²) >= 11 is 0.